The number of nitrogens with one attached hydrogen (secondary N) is 7. The molecular weight excluding hydrogens is 1720 g/mol. The molecule has 34 nitrogen and oxygen atoms in total. The predicted molar refractivity (Wildman–Crippen MR) is 501 cm³/mol. The molecule has 0 saturated carbocycles. The van der Waals surface area contributed by atoms with Crippen molar-refractivity contribution in [2.24, 2.45) is 11.5 Å². The fourth-order valence-electron chi connectivity index (χ4n) is 14.1. The molecule has 2 rings (SSSR count). The largest absolute Gasteiger partial charge is 0.483 e. The van der Waals surface area contributed by atoms with Crippen LogP contribution in [0.5, 0.6) is 0 Å². The Bertz CT molecular complexity index is 4070. The van der Waals surface area contributed by atoms with Crippen LogP contribution in [-0.4, -0.2) is 213 Å². The average Bonchev–Trinajstić information content (AvgIpc) is 0.764. The van der Waals surface area contributed by atoms with Crippen LogP contribution in [0.25, 0.3) is 0 Å². The first kappa shape index (κ1) is 118. The number of nitrogens with two attached hydrogens (primary N) is 2. The predicted octanol–water partition coefficient (Wildman–Crippen LogP) is 11.8. The Hall–Kier alpha value is -7.73. The minimum absolute atomic E-state index is 0.0421. The van der Waals surface area contributed by atoms with E-state index < -0.39 is 199 Å². The maximum atomic E-state index is 14.2. The smallest absolute Gasteiger partial charge is 0.480 e. The number of aliphatic carboxylic acids is 1. The van der Waals surface area contributed by atoms with Crippen LogP contribution in [0.15, 0.2) is 128 Å². The van der Waals surface area contributed by atoms with E-state index in [1.54, 1.807) is 6.92 Å². The second-order valence-electron chi connectivity index (χ2n) is 34.8. The summed E-state index contributed by atoms with van der Waals surface area (Å²) < 4.78 is 66.4. The Balaban J connectivity index is 2.08. The van der Waals surface area contributed by atoms with Gasteiger partial charge in [0, 0.05) is 20.3 Å². The van der Waals surface area contributed by atoms with Gasteiger partial charge >= 0.3 is 21.6 Å². The number of carbonyl (C=O) groups is 9. The van der Waals surface area contributed by atoms with E-state index in [9.17, 15) is 87.6 Å². The molecule has 0 aromatic rings. The fourth-order valence-corrected chi connectivity index (χ4v) is 16.2. The molecule has 2 fully saturated rings. The number of carbonyl (C=O) groups excluding carboxylic acids is 8. The summed E-state index contributed by atoms with van der Waals surface area (Å²) in [4.78, 5) is 139. The number of allylic oxidation sites excluding steroid dienone is 21. The van der Waals surface area contributed by atoms with Gasteiger partial charge in [-0.2, -0.15) is 4.31 Å². The molecule has 2 unspecified atom stereocenters. The highest BCUT2D eigenvalue weighted by atomic mass is 31.3. The van der Waals surface area contributed by atoms with Crippen molar-refractivity contribution < 1.29 is 120 Å². The van der Waals surface area contributed by atoms with Gasteiger partial charge in [-0.3, -0.25) is 52.2 Å². The zero-order valence-corrected chi connectivity index (χ0v) is 81.9. The number of aliphatic hydroxyl groups excluding tert-OH is 4. The minimum atomic E-state index is -5.94. The van der Waals surface area contributed by atoms with Gasteiger partial charge in [-0.15, -0.1) is 0 Å². The van der Waals surface area contributed by atoms with Gasteiger partial charge in [-0.05, 0) is 271 Å². The van der Waals surface area contributed by atoms with E-state index in [2.05, 4.69) is 172 Å². The van der Waals surface area contributed by atoms with Crippen molar-refractivity contribution in [3.63, 3.8) is 0 Å². The number of carboxylic acid groups (broad SMARTS) is 1. The fraction of sp³-hybridized carbons (Fsp3) is 0.670. The highest BCUT2D eigenvalue weighted by molar-refractivity contribution is 7.61. The van der Waals surface area contributed by atoms with Crippen LogP contribution in [0.3, 0.4) is 0 Å². The van der Waals surface area contributed by atoms with Gasteiger partial charge in [0.1, 0.15) is 85.0 Å². The van der Waals surface area contributed by atoms with Gasteiger partial charge in [-0.1, -0.05) is 128 Å². The zero-order chi connectivity index (χ0) is 98.0. The Kier molecular flexibility index (Phi) is 57.8. The number of phosphoric acid groups is 2. The van der Waals surface area contributed by atoms with Gasteiger partial charge < -0.3 is 103 Å². The molecule has 0 spiro atoms. The van der Waals surface area contributed by atoms with Gasteiger partial charge in [0.2, 0.25) is 47.3 Å². The first-order valence-corrected chi connectivity index (χ1v) is 48.5. The van der Waals surface area contributed by atoms with Gasteiger partial charge in [0.15, 0.2) is 12.6 Å². The SMILES string of the molecule is CC(=O)N[C@H]1[C@H](O[C@H]2[C@H](O[C@H](C)C(=O)N[C@@H](C)C(=O)N[C@@H](CCC(=O)N[C@@H](CCCCN)C(=O)N[C@H](C)C(=O)N[C@H](C)C(=O)O)C(N)=O)[C@@H](NC(C)=O)[C@@H](OP(=O)(O)OP(=O)(O)OC/C=C(/C)CC/C=C(/C)CC/C=C(/C)CC/C=C(/C)CC/C=C(/C)CC/C=C(/C)CC/C=C(/C)CC/C=C(/C)CC/C=C(/C)CC/C=C(/C)CCC=C(C)C)O[C@@H]2CO)O[C@H](CO)[C@@H](O)[C@@H]1O. The molecule has 2 heterocycles. The Morgan fingerprint density at radius 2 is 0.800 bits per heavy atom. The quantitative estimate of drug-likeness (QED) is 0.0153. The first-order chi connectivity index (χ1) is 61.1. The molecule has 2 aliphatic heterocycles. The molecule has 18 atom stereocenters. The Morgan fingerprint density at radius 3 is 1.18 bits per heavy atom. The van der Waals surface area contributed by atoms with Crippen LogP contribution in [0.1, 0.15) is 285 Å². The standard InChI is InChI=1S/C94H157N9O25P2/c1-59(2)31-21-32-60(3)33-22-34-61(4)35-23-36-62(5)37-24-38-63(6)39-25-40-64(7)41-26-42-65(8)43-27-44-66(9)45-28-46-67(10)47-29-48-68(11)49-30-50-69(12)54-56-122-129(118,119)128-130(120,121)127-94-82(101-75(18)107)86(85(79(58-105)125-94)126-93-81(100-74(17)106)84(110)83(109)78(57-104)124-93)123-73(16)90(114)97-71(14)89(113)103-76(87(96)111)52-53-80(108)102-77(51-19-20-55-95)91(115)98-70(13)88(112)99-72(15)92(116)117/h31,33,35,37,39,41,43,45,47,49,54,70-73,76-79,81-86,93-94,104-105,109-110H,19-30,32,34,36,38,40,42,44,46,48,50-53,55-58,95H2,1-18H3,(H2,96,111)(H,97,114)(H,98,115)(H,99,112)(H,100,106)(H,101,107)(H,102,108)(H,103,113)(H,116,117)(H,118,119)(H,120,121)/b60-33-,61-35-,62-37-,63-39-,64-41-,65-43-,66-45-,67-47-,68-49-,69-54-/t70-,71+,72-,73-,76+,77+,78-,79-,81-,82-,83-,84-,85-,86-,93+,94-/m1/s1. The molecule has 2 saturated heterocycles. The van der Waals surface area contributed by atoms with Crippen molar-refractivity contribution in [3.8, 4) is 0 Å². The van der Waals surface area contributed by atoms with E-state index >= 15 is 0 Å². The number of hydrogen-bond acceptors (Lipinski definition) is 23. The molecule has 2 aliphatic rings. The van der Waals surface area contributed by atoms with Gasteiger partial charge in [0.25, 0.3) is 0 Å². The lowest BCUT2D eigenvalue weighted by molar-refractivity contribution is -0.331. The number of phosphoric ester groups is 2. The van der Waals surface area contributed by atoms with Crippen molar-refractivity contribution in [2.75, 3.05) is 26.4 Å². The van der Waals surface area contributed by atoms with Crippen LogP contribution in [-0.2, 0) is 84.6 Å². The average molecular weight is 1880 g/mol. The zero-order valence-electron chi connectivity index (χ0n) is 80.1. The lowest BCUT2D eigenvalue weighted by Gasteiger charge is -2.49. The molecular formula is C94H157N9O25P2. The van der Waals surface area contributed by atoms with E-state index in [-0.39, 0.29) is 13.0 Å². The molecule has 130 heavy (non-hydrogen) atoms. The third kappa shape index (κ3) is 50.4. The molecule has 0 aliphatic carbocycles. The first-order valence-electron chi connectivity index (χ1n) is 45.5. The summed E-state index contributed by atoms with van der Waals surface area (Å²) in [6.07, 6.45) is 27.5. The van der Waals surface area contributed by atoms with Crippen molar-refractivity contribution in [1.29, 1.82) is 0 Å². The number of rotatable bonds is 63. The van der Waals surface area contributed by atoms with Crippen LogP contribution >= 0.6 is 15.6 Å². The Labute approximate surface area is 771 Å². The van der Waals surface area contributed by atoms with Crippen LogP contribution in [0, 0.1) is 0 Å². The number of carboxylic acids is 1. The van der Waals surface area contributed by atoms with Crippen LogP contribution < -0.4 is 48.7 Å². The van der Waals surface area contributed by atoms with Crippen molar-refractivity contribution in [1.82, 2.24) is 37.2 Å². The molecule has 0 aromatic carbocycles. The lowest BCUT2D eigenvalue weighted by atomic mass is 9.94. The van der Waals surface area contributed by atoms with E-state index in [0.717, 1.165) is 149 Å². The summed E-state index contributed by atoms with van der Waals surface area (Å²) in [7, 11) is -11.5. The Morgan fingerprint density at radius 1 is 0.423 bits per heavy atom. The van der Waals surface area contributed by atoms with Crippen molar-refractivity contribution in [3.05, 3.63) is 128 Å². The highest BCUT2D eigenvalue weighted by Gasteiger charge is 2.55. The molecule has 0 aromatic heterocycles. The summed E-state index contributed by atoms with van der Waals surface area (Å²) in [5.41, 5.74) is 26.0. The monoisotopic (exact) mass is 1870 g/mol. The maximum absolute atomic E-state index is 14.2. The van der Waals surface area contributed by atoms with E-state index in [0.29, 0.717) is 25.7 Å². The van der Waals surface area contributed by atoms with Crippen molar-refractivity contribution in [2.45, 2.75) is 383 Å². The third-order valence-corrected chi connectivity index (χ3v) is 24.7. The molecule has 738 valence electrons. The number of ether oxygens (including phenoxy) is 4. The number of amides is 8. The second-order valence-corrected chi connectivity index (χ2v) is 37.8. The molecule has 18 N–H and O–H groups in total. The number of unbranched alkanes of at least 4 members (excludes halogenated alkanes) is 1. The topological polar surface area (TPSA) is 530 Å². The van der Waals surface area contributed by atoms with Gasteiger partial charge in [-0.25, -0.2) is 9.13 Å². The van der Waals surface area contributed by atoms with Crippen LogP contribution in [0.4, 0.5) is 0 Å². The third-order valence-electron chi connectivity index (χ3n) is 22.1. The maximum Gasteiger partial charge on any atom is 0.483 e. The summed E-state index contributed by atoms with van der Waals surface area (Å²) in [6.45, 7) is 30.3. The summed E-state index contributed by atoms with van der Waals surface area (Å²) in [5.74, 6) is -8.88. The van der Waals surface area contributed by atoms with E-state index in [1.807, 2.05) is 6.92 Å². The van der Waals surface area contributed by atoms with Gasteiger partial charge in [0.05, 0.1) is 19.8 Å². The summed E-state index contributed by atoms with van der Waals surface area (Å²) in [5, 5.41) is 68.8. The summed E-state index contributed by atoms with van der Waals surface area (Å²) in [6, 6.07) is -10.6. The molecule has 8 amide bonds. The lowest BCUT2D eigenvalue weighted by Crippen LogP contribution is -2.70. The van der Waals surface area contributed by atoms with E-state index in [4.69, 9.17) is 39.5 Å². The minimum Gasteiger partial charge on any atom is -0.480 e. The summed E-state index contributed by atoms with van der Waals surface area (Å²) >= 11 is 0. The molecule has 0 radical (unpaired) electrons. The molecule has 0 bridgehead atoms. The second kappa shape index (κ2) is 63.5. The molecule has 36 heteroatoms. The van der Waals surface area contributed by atoms with E-state index in [1.165, 1.54) is 75.7 Å². The normalized spacial score (nSPS) is 22.4. The highest BCUT2D eigenvalue weighted by Crippen LogP contribution is 2.61. The number of aliphatic hydroxyl groups is 4. The van der Waals surface area contributed by atoms with Crippen LogP contribution in [0.2, 0.25) is 0 Å². The number of primary amides is 1. The number of hydrogen-bond donors (Lipinski definition) is 16. The van der Waals surface area contributed by atoms with Crippen molar-refractivity contribution >= 4 is 68.9 Å².